The molecule has 0 saturated heterocycles. The van der Waals surface area contributed by atoms with Gasteiger partial charge in [0, 0.05) is 25.2 Å². The number of ether oxygens (including phenoxy) is 1. The highest BCUT2D eigenvalue weighted by molar-refractivity contribution is 7.12. The Hall–Kier alpha value is -3.19. The van der Waals surface area contributed by atoms with E-state index in [0.717, 1.165) is 11.1 Å². The van der Waals surface area contributed by atoms with E-state index in [1.54, 1.807) is 12.3 Å². The van der Waals surface area contributed by atoms with Crippen LogP contribution in [-0.2, 0) is 17.8 Å². The molecule has 1 fully saturated rings. The number of carbonyl (C=O) groups excluding carboxylic acids is 2. The summed E-state index contributed by atoms with van der Waals surface area (Å²) in [7, 11) is 0. The maximum Gasteiger partial charge on any atom is 0.262 e. The summed E-state index contributed by atoms with van der Waals surface area (Å²) in [6.07, 6.45) is 4.59. The number of pyridine rings is 1. The van der Waals surface area contributed by atoms with Crippen LogP contribution in [0.3, 0.4) is 0 Å². The minimum absolute atomic E-state index is 0.234. The second-order valence-corrected chi connectivity index (χ2v) is 8.62. The number of amides is 2. The number of hydrogen-bond donors (Lipinski definition) is 2. The Bertz CT molecular complexity index is 987. The normalized spacial score (nSPS) is 13.9. The molecular weight excluding hydrogens is 410 g/mol. The van der Waals surface area contributed by atoms with Crippen LogP contribution in [0.2, 0.25) is 0 Å². The second kappa shape index (κ2) is 10.2. The number of carbonyl (C=O) groups is 2. The minimum atomic E-state index is -0.675. The Morgan fingerprint density at radius 1 is 1.06 bits per heavy atom. The first-order valence-corrected chi connectivity index (χ1v) is 11.3. The van der Waals surface area contributed by atoms with Crippen molar-refractivity contribution in [2.45, 2.75) is 31.8 Å². The highest BCUT2D eigenvalue weighted by atomic mass is 32.1. The average molecular weight is 436 g/mol. The third kappa shape index (κ3) is 6.39. The fraction of sp³-hybridized carbons (Fsp3) is 0.292. The molecule has 1 atom stereocenters. The van der Waals surface area contributed by atoms with E-state index in [9.17, 15) is 9.59 Å². The number of hydrogen-bond acceptors (Lipinski definition) is 5. The van der Waals surface area contributed by atoms with Gasteiger partial charge in [0.25, 0.3) is 5.91 Å². The van der Waals surface area contributed by atoms with Crippen LogP contribution in [0.15, 0.2) is 66.2 Å². The molecule has 6 nitrogen and oxygen atoms in total. The summed E-state index contributed by atoms with van der Waals surface area (Å²) in [5, 5.41) is 7.63. The summed E-state index contributed by atoms with van der Waals surface area (Å²) in [5.41, 5.74) is 1.85. The van der Waals surface area contributed by atoms with Gasteiger partial charge in [0.1, 0.15) is 6.04 Å². The highest BCUT2D eigenvalue weighted by Gasteiger charge is 2.23. The molecule has 4 rings (SSSR count). The fourth-order valence-electron chi connectivity index (χ4n) is 3.10. The highest BCUT2D eigenvalue weighted by Crippen LogP contribution is 2.29. The Balaban J connectivity index is 1.35. The van der Waals surface area contributed by atoms with Crippen LogP contribution in [0, 0.1) is 5.92 Å². The van der Waals surface area contributed by atoms with Crippen molar-refractivity contribution in [1.82, 2.24) is 15.6 Å². The maximum atomic E-state index is 12.9. The first-order chi connectivity index (χ1) is 15.2. The molecule has 31 heavy (non-hydrogen) atoms. The van der Waals surface area contributed by atoms with Gasteiger partial charge in [0.2, 0.25) is 11.8 Å². The van der Waals surface area contributed by atoms with Gasteiger partial charge in [-0.25, -0.2) is 4.98 Å². The molecule has 2 N–H and O–H groups in total. The number of nitrogens with zero attached hydrogens (tertiary/aromatic N) is 1. The third-order valence-electron chi connectivity index (χ3n) is 5.08. The summed E-state index contributed by atoms with van der Waals surface area (Å²) < 4.78 is 5.65. The maximum absolute atomic E-state index is 12.9. The summed E-state index contributed by atoms with van der Waals surface area (Å²) in [6, 6.07) is 16.3. The van der Waals surface area contributed by atoms with Crippen LogP contribution in [-0.4, -0.2) is 29.4 Å². The van der Waals surface area contributed by atoms with E-state index >= 15 is 0 Å². The van der Waals surface area contributed by atoms with Gasteiger partial charge in [0.05, 0.1) is 11.5 Å². The van der Waals surface area contributed by atoms with Crippen LogP contribution in [0.1, 0.15) is 33.6 Å². The standard InChI is InChI=1S/C24H25N3O3S/c28-23(26-15-19-10-11-22(25-14-19)30-16-18-8-9-18)20(13-17-5-2-1-3-6-17)27-24(29)21-7-4-12-31-21/h1-7,10-12,14,18,20H,8-9,13,15-16H2,(H,26,28)(H,27,29). The first-order valence-electron chi connectivity index (χ1n) is 10.4. The Labute approximate surface area is 185 Å². The van der Waals surface area contributed by atoms with Crippen molar-refractivity contribution in [3.05, 3.63) is 82.2 Å². The molecule has 1 aliphatic rings. The van der Waals surface area contributed by atoms with Gasteiger partial charge in [-0.15, -0.1) is 11.3 Å². The van der Waals surface area contributed by atoms with Crippen molar-refractivity contribution in [2.75, 3.05) is 6.61 Å². The van der Waals surface area contributed by atoms with Crippen molar-refractivity contribution >= 4 is 23.2 Å². The molecule has 160 valence electrons. The molecule has 1 aromatic carbocycles. The number of nitrogens with one attached hydrogen (secondary N) is 2. The smallest absolute Gasteiger partial charge is 0.262 e. The molecule has 0 radical (unpaired) electrons. The van der Waals surface area contributed by atoms with E-state index in [4.69, 9.17) is 4.74 Å². The topological polar surface area (TPSA) is 80.3 Å². The Kier molecular flexibility index (Phi) is 6.94. The molecule has 2 amide bonds. The molecule has 0 bridgehead atoms. The SMILES string of the molecule is O=C(NC(Cc1ccccc1)C(=O)NCc1ccc(OCC2CC2)nc1)c1cccs1. The van der Waals surface area contributed by atoms with Crippen LogP contribution in [0.5, 0.6) is 5.88 Å². The van der Waals surface area contributed by atoms with E-state index in [1.165, 1.54) is 24.2 Å². The van der Waals surface area contributed by atoms with E-state index < -0.39 is 6.04 Å². The first kappa shape index (κ1) is 21.1. The molecule has 7 heteroatoms. The molecule has 2 heterocycles. The lowest BCUT2D eigenvalue weighted by Gasteiger charge is -2.18. The molecule has 2 aromatic heterocycles. The number of benzene rings is 1. The van der Waals surface area contributed by atoms with Crippen LogP contribution < -0.4 is 15.4 Å². The summed E-state index contributed by atoms with van der Waals surface area (Å²) in [5.74, 6) is 0.798. The quantitative estimate of drug-likeness (QED) is 0.510. The number of thiophene rings is 1. The molecule has 0 aliphatic heterocycles. The fourth-order valence-corrected chi connectivity index (χ4v) is 3.72. The molecular formula is C24H25N3O3S. The van der Waals surface area contributed by atoms with Crippen molar-refractivity contribution in [3.8, 4) is 5.88 Å². The van der Waals surface area contributed by atoms with Crippen molar-refractivity contribution in [3.63, 3.8) is 0 Å². The molecule has 1 saturated carbocycles. The van der Waals surface area contributed by atoms with E-state index in [-0.39, 0.29) is 11.8 Å². The third-order valence-corrected chi connectivity index (χ3v) is 5.95. The van der Waals surface area contributed by atoms with Gasteiger partial charge in [-0.2, -0.15) is 0 Å². The zero-order valence-electron chi connectivity index (χ0n) is 17.1. The molecule has 1 aliphatic carbocycles. The van der Waals surface area contributed by atoms with Gasteiger partial charge in [-0.3, -0.25) is 9.59 Å². The zero-order chi connectivity index (χ0) is 21.5. The summed E-state index contributed by atoms with van der Waals surface area (Å²) >= 11 is 1.35. The van der Waals surface area contributed by atoms with Gasteiger partial charge in [-0.1, -0.05) is 42.5 Å². The van der Waals surface area contributed by atoms with Gasteiger partial charge in [0.15, 0.2) is 0 Å². The van der Waals surface area contributed by atoms with Crippen molar-refractivity contribution < 1.29 is 14.3 Å². The molecule has 1 unspecified atom stereocenters. The van der Waals surface area contributed by atoms with Gasteiger partial charge < -0.3 is 15.4 Å². The monoisotopic (exact) mass is 435 g/mol. The predicted octanol–water partition coefficient (Wildman–Crippen LogP) is 3.59. The average Bonchev–Trinajstić information content (AvgIpc) is 3.47. The Morgan fingerprint density at radius 2 is 1.90 bits per heavy atom. The largest absolute Gasteiger partial charge is 0.477 e. The van der Waals surface area contributed by atoms with Crippen molar-refractivity contribution in [1.29, 1.82) is 0 Å². The number of aromatic nitrogens is 1. The second-order valence-electron chi connectivity index (χ2n) is 7.67. The van der Waals surface area contributed by atoms with Crippen LogP contribution >= 0.6 is 11.3 Å². The number of rotatable bonds is 10. The Morgan fingerprint density at radius 3 is 2.58 bits per heavy atom. The summed E-state index contributed by atoms with van der Waals surface area (Å²) in [6.45, 7) is 1.04. The van der Waals surface area contributed by atoms with Crippen LogP contribution in [0.25, 0.3) is 0 Å². The summed E-state index contributed by atoms with van der Waals surface area (Å²) in [4.78, 5) is 30.3. The van der Waals surface area contributed by atoms with E-state index in [1.807, 2.05) is 53.9 Å². The minimum Gasteiger partial charge on any atom is -0.477 e. The zero-order valence-corrected chi connectivity index (χ0v) is 17.9. The van der Waals surface area contributed by atoms with Gasteiger partial charge in [-0.05, 0) is 41.3 Å². The van der Waals surface area contributed by atoms with Crippen LogP contribution in [0.4, 0.5) is 0 Å². The van der Waals surface area contributed by atoms with Crippen molar-refractivity contribution in [2.24, 2.45) is 5.92 Å². The lowest BCUT2D eigenvalue weighted by atomic mass is 10.0. The molecule has 0 spiro atoms. The predicted molar refractivity (Wildman–Crippen MR) is 120 cm³/mol. The van der Waals surface area contributed by atoms with E-state index in [0.29, 0.717) is 36.2 Å². The molecule has 3 aromatic rings. The van der Waals surface area contributed by atoms with Gasteiger partial charge >= 0.3 is 0 Å². The van der Waals surface area contributed by atoms with E-state index in [2.05, 4.69) is 15.6 Å². The lowest BCUT2D eigenvalue weighted by molar-refractivity contribution is -0.123. The lowest BCUT2D eigenvalue weighted by Crippen LogP contribution is -2.47.